The first-order valence-corrected chi connectivity index (χ1v) is 6.58. The third-order valence-electron chi connectivity index (χ3n) is 4.15. The molecule has 0 aliphatic heterocycles. The number of ether oxygens (including phenoxy) is 1. The van der Waals surface area contributed by atoms with E-state index in [2.05, 4.69) is 13.0 Å². The molecule has 2 aliphatic carbocycles. The third-order valence-corrected chi connectivity index (χ3v) is 4.15. The van der Waals surface area contributed by atoms with E-state index in [1.54, 1.807) is 5.57 Å². The van der Waals surface area contributed by atoms with E-state index in [-0.39, 0.29) is 5.60 Å². The van der Waals surface area contributed by atoms with Crippen LogP contribution in [0.15, 0.2) is 11.6 Å². The summed E-state index contributed by atoms with van der Waals surface area (Å²) in [7, 11) is 1.90. The SMILES string of the molecule is CCCC[C@@H]1C[C@@]1(OC)C1=CCCCC1. The first kappa shape index (κ1) is 11.2. The molecule has 0 bridgehead atoms. The van der Waals surface area contributed by atoms with E-state index < -0.39 is 0 Å². The second-order valence-corrected chi connectivity index (χ2v) is 5.11. The molecule has 1 saturated carbocycles. The minimum atomic E-state index is 0.190. The maximum atomic E-state index is 5.83. The molecular formula is C14H24O. The number of hydrogen-bond donors (Lipinski definition) is 0. The molecule has 2 aliphatic rings. The van der Waals surface area contributed by atoms with Gasteiger partial charge in [0, 0.05) is 7.11 Å². The molecule has 2 atom stereocenters. The lowest BCUT2D eigenvalue weighted by molar-refractivity contribution is 0.0899. The third kappa shape index (κ3) is 2.13. The van der Waals surface area contributed by atoms with Crippen molar-refractivity contribution in [1.82, 2.24) is 0 Å². The largest absolute Gasteiger partial charge is 0.374 e. The first-order chi connectivity index (χ1) is 7.33. The molecule has 2 rings (SSSR count). The minimum absolute atomic E-state index is 0.190. The van der Waals surface area contributed by atoms with Crippen LogP contribution >= 0.6 is 0 Å². The fraction of sp³-hybridized carbons (Fsp3) is 0.857. The summed E-state index contributed by atoms with van der Waals surface area (Å²) in [6.45, 7) is 2.27. The highest BCUT2D eigenvalue weighted by Crippen LogP contribution is 2.56. The Kier molecular flexibility index (Phi) is 3.50. The zero-order valence-electron chi connectivity index (χ0n) is 10.2. The van der Waals surface area contributed by atoms with Crippen LogP contribution in [0.4, 0.5) is 0 Å². The van der Waals surface area contributed by atoms with Gasteiger partial charge in [-0.15, -0.1) is 0 Å². The number of allylic oxidation sites excluding steroid dienone is 1. The molecule has 1 heteroatoms. The van der Waals surface area contributed by atoms with Gasteiger partial charge < -0.3 is 4.74 Å². The maximum absolute atomic E-state index is 5.83. The van der Waals surface area contributed by atoms with Crippen molar-refractivity contribution in [2.45, 2.75) is 63.9 Å². The van der Waals surface area contributed by atoms with Gasteiger partial charge in [-0.3, -0.25) is 0 Å². The van der Waals surface area contributed by atoms with Gasteiger partial charge >= 0.3 is 0 Å². The molecular weight excluding hydrogens is 184 g/mol. The summed E-state index contributed by atoms with van der Waals surface area (Å²) in [6, 6.07) is 0. The van der Waals surface area contributed by atoms with Gasteiger partial charge in [0.2, 0.25) is 0 Å². The van der Waals surface area contributed by atoms with Crippen LogP contribution in [-0.2, 0) is 4.74 Å². The Balaban J connectivity index is 1.96. The van der Waals surface area contributed by atoms with Crippen LogP contribution in [0.3, 0.4) is 0 Å². The van der Waals surface area contributed by atoms with E-state index in [0.29, 0.717) is 0 Å². The summed E-state index contributed by atoms with van der Waals surface area (Å²) in [5, 5.41) is 0. The van der Waals surface area contributed by atoms with E-state index in [9.17, 15) is 0 Å². The molecule has 0 unspecified atom stereocenters. The monoisotopic (exact) mass is 208 g/mol. The van der Waals surface area contributed by atoms with E-state index in [1.165, 1.54) is 51.4 Å². The second-order valence-electron chi connectivity index (χ2n) is 5.11. The highest BCUT2D eigenvalue weighted by molar-refractivity contribution is 5.29. The van der Waals surface area contributed by atoms with Crippen molar-refractivity contribution in [1.29, 1.82) is 0 Å². The van der Waals surface area contributed by atoms with Gasteiger partial charge in [0.25, 0.3) is 0 Å². The first-order valence-electron chi connectivity index (χ1n) is 6.58. The fourth-order valence-corrected chi connectivity index (χ4v) is 3.09. The molecule has 0 radical (unpaired) electrons. The molecule has 0 N–H and O–H groups in total. The number of rotatable bonds is 5. The van der Waals surface area contributed by atoms with E-state index in [0.717, 1.165) is 5.92 Å². The highest BCUT2D eigenvalue weighted by Gasteiger charge is 2.56. The van der Waals surface area contributed by atoms with E-state index in [4.69, 9.17) is 4.74 Å². The van der Waals surface area contributed by atoms with Gasteiger partial charge in [-0.05, 0) is 50.0 Å². The van der Waals surface area contributed by atoms with Crippen molar-refractivity contribution >= 4 is 0 Å². The number of hydrogen-bond acceptors (Lipinski definition) is 1. The minimum Gasteiger partial charge on any atom is -0.374 e. The smallest absolute Gasteiger partial charge is 0.0920 e. The fourth-order valence-electron chi connectivity index (χ4n) is 3.09. The van der Waals surface area contributed by atoms with Crippen LogP contribution in [0.5, 0.6) is 0 Å². The van der Waals surface area contributed by atoms with Crippen molar-refractivity contribution in [2.75, 3.05) is 7.11 Å². The predicted molar refractivity (Wildman–Crippen MR) is 63.9 cm³/mol. The van der Waals surface area contributed by atoms with Crippen LogP contribution in [0.1, 0.15) is 58.3 Å². The molecule has 0 amide bonds. The Bertz CT molecular complexity index is 244. The summed E-state index contributed by atoms with van der Waals surface area (Å²) in [4.78, 5) is 0. The Labute approximate surface area is 93.9 Å². The summed E-state index contributed by atoms with van der Waals surface area (Å²) >= 11 is 0. The van der Waals surface area contributed by atoms with Crippen LogP contribution in [0, 0.1) is 5.92 Å². The lowest BCUT2D eigenvalue weighted by Crippen LogP contribution is -2.20. The molecule has 0 heterocycles. The van der Waals surface area contributed by atoms with Crippen molar-refractivity contribution < 1.29 is 4.74 Å². The molecule has 0 aromatic rings. The predicted octanol–water partition coefficient (Wildman–Crippen LogP) is 4.08. The van der Waals surface area contributed by atoms with Gasteiger partial charge in [-0.1, -0.05) is 25.8 Å². The van der Waals surface area contributed by atoms with Crippen molar-refractivity contribution in [3.8, 4) is 0 Å². The highest BCUT2D eigenvalue weighted by atomic mass is 16.5. The average Bonchev–Trinajstić information content (AvgIpc) is 3.03. The van der Waals surface area contributed by atoms with E-state index in [1.807, 2.05) is 7.11 Å². The Morgan fingerprint density at radius 1 is 1.47 bits per heavy atom. The molecule has 1 nitrogen and oxygen atoms in total. The normalized spacial score (nSPS) is 35.1. The van der Waals surface area contributed by atoms with Gasteiger partial charge in [-0.2, -0.15) is 0 Å². The van der Waals surface area contributed by atoms with Gasteiger partial charge in [0.15, 0.2) is 0 Å². The Hall–Kier alpha value is -0.300. The van der Waals surface area contributed by atoms with Crippen molar-refractivity contribution in [2.24, 2.45) is 5.92 Å². The topological polar surface area (TPSA) is 9.23 Å². The van der Waals surface area contributed by atoms with Gasteiger partial charge in [0.1, 0.15) is 0 Å². The quantitative estimate of drug-likeness (QED) is 0.618. The van der Waals surface area contributed by atoms with Crippen LogP contribution in [0.2, 0.25) is 0 Å². The molecule has 0 spiro atoms. The van der Waals surface area contributed by atoms with Crippen LogP contribution in [-0.4, -0.2) is 12.7 Å². The Morgan fingerprint density at radius 2 is 2.33 bits per heavy atom. The molecule has 1 fully saturated rings. The summed E-state index contributed by atoms with van der Waals surface area (Å²) in [6.07, 6.45) is 13.1. The van der Waals surface area contributed by atoms with Crippen molar-refractivity contribution in [3.63, 3.8) is 0 Å². The van der Waals surface area contributed by atoms with Gasteiger partial charge in [-0.25, -0.2) is 0 Å². The Morgan fingerprint density at radius 3 is 2.93 bits per heavy atom. The zero-order chi connectivity index (χ0) is 10.7. The number of unbranched alkanes of at least 4 members (excludes halogenated alkanes) is 1. The summed E-state index contributed by atoms with van der Waals surface area (Å²) < 4.78 is 5.83. The lowest BCUT2D eigenvalue weighted by Gasteiger charge is -2.23. The number of methoxy groups -OCH3 is 1. The lowest BCUT2D eigenvalue weighted by atomic mass is 9.92. The molecule has 0 aromatic carbocycles. The molecule has 86 valence electrons. The second kappa shape index (κ2) is 4.69. The summed E-state index contributed by atoms with van der Waals surface area (Å²) in [5.41, 5.74) is 1.81. The maximum Gasteiger partial charge on any atom is 0.0920 e. The summed E-state index contributed by atoms with van der Waals surface area (Å²) in [5.74, 6) is 0.826. The van der Waals surface area contributed by atoms with E-state index >= 15 is 0 Å². The zero-order valence-corrected chi connectivity index (χ0v) is 10.2. The van der Waals surface area contributed by atoms with Crippen LogP contribution in [0.25, 0.3) is 0 Å². The standard InChI is InChI=1S/C14H24O/c1-3-4-8-13-11-14(13,15-2)12-9-6-5-7-10-12/h9,13H,3-8,10-11H2,1-2H3/t13-,14-/m1/s1. The average molecular weight is 208 g/mol. The van der Waals surface area contributed by atoms with Crippen molar-refractivity contribution in [3.05, 3.63) is 11.6 Å². The van der Waals surface area contributed by atoms with Crippen LogP contribution < -0.4 is 0 Å². The molecule has 0 saturated heterocycles. The molecule has 0 aromatic heterocycles. The molecule has 15 heavy (non-hydrogen) atoms. The van der Waals surface area contributed by atoms with Gasteiger partial charge in [0.05, 0.1) is 5.60 Å².